The molecule has 0 unspecified atom stereocenters. The van der Waals surface area contributed by atoms with Crippen LogP contribution >= 0.6 is 0 Å². The number of carbonyl (C=O) groups is 1. The molecular weight excluding hydrogens is 348 g/mol. The molecule has 5 nitrogen and oxygen atoms in total. The van der Waals surface area contributed by atoms with Gasteiger partial charge in [0.05, 0.1) is 4.90 Å². The summed E-state index contributed by atoms with van der Waals surface area (Å²) < 4.78 is 27.0. The van der Waals surface area contributed by atoms with Gasteiger partial charge >= 0.3 is 0 Å². The van der Waals surface area contributed by atoms with Crippen LogP contribution in [0.4, 0.5) is 0 Å². The minimum atomic E-state index is -3.52. The van der Waals surface area contributed by atoms with Crippen LogP contribution in [0, 0.1) is 0 Å². The van der Waals surface area contributed by atoms with Gasteiger partial charge in [-0.05, 0) is 43.5 Å². The number of hydrogen-bond acceptors (Lipinski definition) is 3. The van der Waals surface area contributed by atoms with Crippen molar-refractivity contribution < 1.29 is 13.2 Å². The number of benzene rings is 2. The summed E-state index contributed by atoms with van der Waals surface area (Å²) in [5.74, 6) is -0.158. The number of nitrogens with zero attached hydrogens (tertiary/aromatic N) is 2. The zero-order valence-electron chi connectivity index (χ0n) is 15.0. The Morgan fingerprint density at radius 1 is 1.04 bits per heavy atom. The summed E-state index contributed by atoms with van der Waals surface area (Å²) in [4.78, 5) is 14.8. The first-order chi connectivity index (χ1) is 12.5. The molecule has 138 valence electrons. The molecule has 1 saturated heterocycles. The molecule has 1 aliphatic rings. The monoisotopic (exact) mass is 372 g/mol. The lowest BCUT2D eigenvalue weighted by molar-refractivity contribution is 0.0752. The smallest absolute Gasteiger partial charge is 0.254 e. The van der Waals surface area contributed by atoms with E-state index in [-0.39, 0.29) is 10.8 Å². The highest BCUT2D eigenvalue weighted by atomic mass is 32.2. The SMILES string of the molecule is CCN(Cc1ccccc1)C(=O)c1cccc(S(=O)(=O)N2CCCC2)c1. The van der Waals surface area contributed by atoms with Gasteiger partial charge in [-0.15, -0.1) is 0 Å². The molecule has 26 heavy (non-hydrogen) atoms. The maximum absolute atomic E-state index is 12.9. The summed E-state index contributed by atoms with van der Waals surface area (Å²) in [6, 6.07) is 16.2. The van der Waals surface area contributed by atoms with Crippen LogP contribution in [-0.2, 0) is 16.6 Å². The van der Waals surface area contributed by atoms with E-state index in [9.17, 15) is 13.2 Å². The van der Waals surface area contributed by atoms with E-state index in [1.165, 1.54) is 10.4 Å². The van der Waals surface area contributed by atoms with Crippen LogP contribution in [0.3, 0.4) is 0 Å². The third-order valence-electron chi connectivity index (χ3n) is 4.67. The van der Waals surface area contributed by atoms with Crippen molar-refractivity contribution in [3.05, 3.63) is 65.7 Å². The summed E-state index contributed by atoms with van der Waals surface area (Å²) in [5.41, 5.74) is 1.45. The standard InChI is InChI=1S/C20H24N2O3S/c1-2-21(16-17-9-4-3-5-10-17)20(23)18-11-8-12-19(15-18)26(24,25)22-13-6-7-14-22/h3-5,8-12,15H,2,6-7,13-14,16H2,1H3. The zero-order valence-corrected chi connectivity index (χ0v) is 15.8. The van der Waals surface area contributed by atoms with Gasteiger partial charge in [-0.25, -0.2) is 8.42 Å². The first kappa shape index (κ1) is 18.6. The Morgan fingerprint density at radius 2 is 1.73 bits per heavy atom. The van der Waals surface area contributed by atoms with E-state index in [2.05, 4.69) is 0 Å². The van der Waals surface area contributed by atoms with Crippen molar-refractivity contribution in [2.24, 2.45) is 0 Å². The zero-order chi connectivity index (χ0) is 18.6. The topological polar surface area (TPSA) is 57.7 Å². The van der Waals surface area contributed by atoms with Gasteiger partial charge in [-0.1, -0.05) is 36.4 Å². The van der Waals surface area contributed by atoms with Crippen molar-refractivity contribution in [1.82, 2.24) is 9.21 Å². The summed E-state index contributed by atoms with van der Waals surface area (Å²) >= 11 is 0. The Kier molecular flexibility index (Phi) is 5.74. The predicted octanol–water partition coefficient (Wildman–Crippen LogP) is 3.13. The Labute approximate surface area is 155 Å². The molecule has 1 aliphatic heterocycles. The largest absolute Gasteiger partial charge is 0.335 e. The minimum absolute atomic E-state index is 0.158. The number of rotatable bonds is 6. The van der Waals surface area contributed by atoms with E-state index < -0.39 is 10.0 Å². The summed E-state index contributed by atoms with van der Waals surface area (Å²) in [6.45, 7) is 4.08. The minimum Gasteiger partial charge on any atom is -0.335 e. The van der Waals surface area contributed by atoms with Crippen molar-refractivity contribution in [2.45, 2.75) is 31.2 Å². The van der Waals surface area contributed by atoms with Crippen LogP contribution in [0.1, 0.15) is 35.7 Å². The molecule has 0 atom stereocenters. The van der Waals surface area contributed by atoms with Crippen molar-refractivity contribution >= 4 is 15.9 Å². The Hall–Kier alpha value is -2.18. The second-order valence-corrected chi connectivity index (χ2v) is 8.38. The third-order valence-corrected chi connectivity index (χ3v) is 6.56. The molecule has 0 aromatic heterocycles. The second-order valence-electron chi connectivity index (χ2n) is 6.44. The van der Waals surface area contributed by atoms with Gasteiger partial charge in [0, 0.05) is 31.7 Å². The highest BCUT2D eigenvalue weighted by Gasteiger charge is 2.28. The molecule has 0 N–H and O–H groups in total. The summed E-state index contributed by atoms with van der Waals surface area (Å²) in [6.07, 6.45) is 1.77. The highest BCUT2D eigenvalue weighted by Crippen LogP contribution is 2.22. The average Bonchev–Trinajstić information content (AvgIpc) is 3.22. The van der Waals surface area contributed by atoms with E-state index in [0.717, 1.165) is 18.4 Å². The predicted molar refractivity (Wildman–Crippen MR) is 101 cm³/mol. The van der Waals surface area contributed by atoms with Crippen molar-refractivity contribution in [2.75, 3.05) is 19.6 Å². The van der Waals surface area contributed by atoms with Crippen molar-refractivity contribution in [3.63, 3.8) is 0 Å². The van der Waals surface area contributed by atoms with E-state index in [0.29, 0.717) is 31.7 Å². The lowest BCUT2D eigenvalue weighted by Gasteiger charge is -2.22. The van der Waals surface area contributed by atoms with Crippen molar-refractivity contribution in [1.29, 1.82) is 0 Å². The lowest BCUT2D eigenvalue weighted by atomic mass is 10.1. The maximum atomic E-state index is 12.9. The van der Waals surface area contributed by atoms with Crippen LogP contribution in [0.25, 0.3) is 0 Å². The molecular formula is C20H24N2O3S. The molecule has 1 fully saturated rings. The van der Waals surface area contributed by atoms with E-state index >= 15 is 0 Å². The highest BCUT2D eigenvalue weighted by molar-refractivity contribution is 7.89. The number of amides is 1. The molecule has 6 heteroatoms. The number of sulfonamides is 1. The Bertz CT molecular complexity index is 860. The summed E-state index contributed by atoms with van der Waals surface area (Å²) in [5, 5.41) is 0. The van der Waals surface area contributed by atoms with Crippen molar-refractivity contribution in [3.8, 4) is 0 Å². The first-order valence-corrected chi connectivity index (χ1v) is 10.4. The van der Waals surface area contributed by atoms with Crippen LogP contribution < -0.4 is 0 Å². The molecule has 1 amide bonds. The second kappa shape index (κ2) is 8.01. The van der Waals surface area contributed by atoms with Gasteiger partial charge in [-0.2, -0.15) is 4.31 Å². The Balaban J connectivity index is 1.83. The molecule has 2 aromatic rings. The van der Waals surface area contributed by atoms with Gasteiger partial charge in [0.25, 0.3) is 5.91 Å². The van der Waals surface area contributed by atoms with Gasteiger partial charge in [0.15, 0.2) is 0 Å². The van der Waals surface area contributed by atoms with Gasteiger partial charge in [0.2, 0.25) is 10.0 Å². The van der Waals surface area contributed by atoms with Crippen LogP contribution in [0.15, 0.2) is 59.5 Å². The van der Waals surface area contributed by atoms with Crippen LogP contribution in [0.5, 0.6) is 0 Å². The molecule has 3 rings (SSSR count). The van der Waals surface area contributed by atoms with Crippen LogP contribution in [-0.4, -0.2) is 43.2 Å². The fourth-order valence-corrected chi connectivity index (χ4v) is 4.74. The molecule has 0 radical (unpaired) electrons. The molecule has 0 bridgehead atoms. The normalized spacial score (nSPS) is 15.1. The van der Waals surface area contributed by atoms with Gasteiger partial charge < -0.3 is 4.90 Å². The Morgan fingerprint density at radius 3 is 2.38 bits per heavy atom. The third kappa shape index (κ3) is 3.97. The quantitative estimate of drug-likeness (QED) is 0.783. The van der Waals surface area contributed by atoms with E-state index in [1.54, 1.807) is 23.1 Å². The van der Waals surface area contributed by atoms with Gasteiger partial charge in [0.1, 0.15) is 0 Å². The fraction of sp³-hybridized carbons (Fsp3) is 0.350. The lowest BCUT2D eigenvalue weighted by Crippen LogP contribution is -2.31. The van der Waals surface area contributed by atoms with E-state index in [1.807, 2.05) is 37.3 Å². The first-order valence-electron chi connectivity index (χ1n) is 8.96. The maximum Gasteiger partial charge on any atom is 0.254 e. The average molecular weight is 372 g/mol. The molecule has 0 aliphatic carbocycles. The van der Waals surface area contributed by atoms with E-state index in [4.69, 9.17) is 0 Å². The molecule has 0 spiro atoms. The van der Waals surface area contributed by atoms with Crippen LogP contribution in [0.2, 0.25) is 0 Å². The van der Waals surface area contributed by atoms with Gasteiger partial charge in [-0.3, -0.25) is 4.79 Å². The molecule has 0 saturated carbocycles. The number of carbonyl (C=O) groups excluding carboxylic acids is 1. The summed E-state index contributed by atoms with van der Waals surface area (Å²) in [7, 11) is -3.52. The number of hydrogen-bond donors (Lipinski definition) is 0. The fourth-order valence-electron chi connectivity index (χ4n) is 3.18. The molecule has 1 heterocycles. The molecule has 2 aromatic carbocycles.